The van der Waals surface area contributed by atoms with E-state index in [1.807, 2.05) is 20.8 Å². The van der Waals surface area contributed by atoms with E-state index in [1.54, 1.807) is 13.8 Å². The van der Waals surface area contributed by atoms with Gasteiger partial charge in [0.2, 0.25) is 0 Å². The van der Waals surface area contributed by atoms with E-state index in [0.717, 1.165) is 11.4 Å². The predicted molar refractivity (Wildman–Crippen MR) is 71.2 cm³/mol. The molecule has 0 fully saturated rings. The van der Waals surface area contributed by atoms with Crippen LogP contribution in [0.2, 0.25) is 0 Å². The Labute approximate surface area is 105 Å². The van der Waals surface area contributed by atoms with Gasteiger partial charge in [0, 0.05) is 15.5 Å². The monoisotopic (exact) mass is 288 g/mol. The quantitative estimate of drug-likeness (QED) is 0.672. The van der Waals surface area contributed by atoms with Crippen molar-refractivity contribution in [3.63, 3.8) is 0 Å². The summed E-state index contributed by atoms with van der Waals surface area (Å²) in [7, 11) is -1.06. The van der Waals surface area contributed by atoms with Gasteiger partial charge in [-0.2, -0.15) is 0 Å². The van der Waals surface area contributed by atoms with Crippen LogP contribution in [0.3, 0.4) is 0 Å². The van der Waals surface area contributed by atoms with Gasteiger partial charge in [-0.15, -0.1) is 0 Å². The molecule has 1 atom stereocenters. The molecule has 0 saturated heterocycles. The van der Waals surface area contributed by atoms with Crippen molar-refractivity contribution in [3.8, 4) is 0 Å². The summed E-state index contributed by atoms with van der Waals surface area (Å²) in [5.74, 6) is 0. The Bertz CT molecular complexity index is 265. The summed E-state index contributed by atoms with van der Waals surface area (Å²) in [6.45, 7) is 6.70. The molecule has 0 aromatic carbocycles. The minimum Gasteiger partial charge on any atom is -0.301 e. The third-order valence-electron chi connectivity index (χ3n) is 1.58. The molecule has 0 bridgehead atoms. The van der Waals surface area contributed by atoms with E-state index < -0.39 is 17.6 Å². The molecule has 0 amide bonds. The van der Waals surface area contributed by atoms with Crippen molar-refractivity contribution in [2.24, 2.45) is 0 Å². The first-order chi connectivity index (χ1) is 7.25. The Morgan fingerprint density at radius 1 is 1.19 bits per heavy atom. The molecule has 0 N–H and O–H groups in total. The Balaban J connectivity index is 4.33. The van der Waals surface area contributed by atoms with Gasteiger partial charge in [0.15, 0.2) is 0 Å². The Kier molecular flexibility index (Phi) is 7.46. The van der Waals surface area contributed by atoms with E-state index in [-0.39, 0.29) is 9.83 Å². The molecule has 0 aromatic heterocycles. The van der Waals surface area contributed by atoms with Gasteiger partial charge < -0.3 is 9.05 Å². The van der Waals surface area contributed by atoms with Crippen molar-refractivity contribution in [3.05, 3.63) is 0 Å². The van der Waals surface area contributed by atoms with Gasteiger partial charge in [-0.3, -0.25) is 4.21 Å². The summed E-state index contributed by atoms with van der Waals surface area (Å²) < 4.78 is 33.7. The topological polar surface area (TPSA) is 52.6 Å². The average molecular weight is 288 g/mol. The fourth-order valence-electron chi connectivity index (χ4n) is 0.717. The van der Waals surface area contributed by atoms with Gasteiger partial charge in [0.1, 0.15) is 0 Å². The van der Waals surface area contributed by atoms with E-state index >= 15 is 0 Å². The van der Waals surface area contributed by atoms with E-state index in [1.165, 1.54) is 0 Å². The first-order valence-corrected chi connectivity index (χ1v) is 9.62. The summed E-state index contributed by atoms with van der Waals surface area (Å²) in [4.78, 5) is 0. The van der Waals surface area contributed by atoms with Gasteiger partial charge in [-0.05, 0) is 46.0 Å². The molecule has 0 aliphatic rings. The maximum Gasteiger partial charge on any atom is 0.389 e. The van der Waals surface area contributed by atoms with Gasteiger partial charge in [-0.25, -0.2) is 4.57 Å². The molecule has 98 valence electrons. The molecule has 4 nitrogen and oxygen atoms in total. The maximum atomic E-state index is 12.0. The van der Waals surface area contributed by atoms with Crippen molar-refractivity contribution in [1.82, 2.24) is 0 Å². The first-order valence-electron chi connectivity index (χ1n) is 5.17. The highest BCUT2D eigenvalue weighted by atomic mass is 32.7. The van der Waals surface area contributed by atoms with Crippen LogP contribution >= 0.6 is 18.2 Å². The summed E-state index contributed by atoms with van der Waals surface area (Å²) in [5.41, 5.74) is 0. The van der Waals surface area contributed by atoms with E-state index in [9.17, 15) is 8.77 Å². The third-order valence-corrected chi connectivity index (χ3v) is 8.21. The lowest BCUT2D eigenvalue weighted by atomic mass is 10.3. The van der Waals surface area contributed by atoms with Crippen LogP contribution in [-0.2, 0) is 24.4 Å². The van der Waals surface area contributed by atoms with Gasteiger partial charge >= 0.3 is 6.80 Å². The standard InChI is InChI=1S/C9H21O4PS2/c1-6-12-14(10,13-7-2)15-8-16(11)9(3,4)5/h6-8H2,1-5H3. The third kappa shape index (κ3) is 6.40. The highest BCUT2D eigenvalue weighted by Gasteiger charge is 2.28. The minimum atomic E-state index is -3.12. The summed E-state index contributed by atoms with van der Waals surface area (Å²) in [5, 5.41) is 0.265. The lowest BCUT2D eigenvalue weighted by Crippen LogP contribution is -2.22. The highest BCUT2D eigenvalue weighted by molar-refractivity contribution is 8.57. The van der Waals surface area contributed by atoms with Crippen LogP contribution < -0.4 is 0 Å². The fraction of sp³-hybridized carbons (Fsp3) is 1.00. The van der Waals surface area contributed by atoms with Crippen molar-refractivity contribution < 1.29 is 17.8 Å². The molecular formula is C9H21O4PS2. The molecule has 0 heterocycles. The first kappa shape index (κ1) is 16.6. The molecule has 1 unspecified atom stereocenters. The smallest absolute Gasteiger partial charge is 0.301 e. The molecule has 0 aromatic rings. The number of hydrogen-bond acceptors (Lipinski definition) is 5. The minimum absolute atomic E-state index is 0.265. The maximum absolute atomic E-state index is 12.0. The van der Waals surface area contributed by atoms with E-state index in [0.29, 0.717) is 13.2 Å². The largest absolute Gasteiger partial charge is 0.389 e. The van der Waals surface area contributed by atoms with Crippen molar-refractivity contribution in [2.75, 3.05) is 18.3 Å². The SMILES string of the molecule is CCOP(=O)(OCC)SCS(=O)C(C)(C)C. The van der Waals surface area contributed by atoms with Crippen LogP contribution in [0.5, 0.6) is 0 Å². The van der Waals surface area contributed by atoms with Crippen LogP contribution in [0.25, 0.3) is 0 Å². The van der Waals surface area contributed by atoms with Gasteiger partial charge in [-0.1, -0.05) is 0 Å². The second-order valence-electron chi connectivity index (χ2n) is 3.99. The Hall–Kier alpha value is 0.650. The van der Waals surface area contributed by atoms with Gasteiger partial charge in [0.05, 0.1) is 18.3 Å². The van der Waals surface area contributed by atoms with Crippen LogP contribution in [-0.4, -0.2) is 27.3 Å². The summed E-state index contributed by atoms with van der Waals surface area (Å²) in [6.07, 6.45) is 0. The van der Waals surface area contributed by atoms with Gasteiger partial charge in [0.25, 0.3) is 0 Å². The lowest BCUT2D eigenvalue weighted by Gasteiger charge is -2.20. The zero-order chi connectivity index (χ0) is 12.8. The Morgan fingerprint density at radius 3 is 1.94 bits per heavy atom. The van der Waals surface area contributed by atoms with Crippen molar-refractivity contribution in [2.45, 2.75) is 39.4 Å². The molecular weight excluding hydrogens is 267 g/mol. The van der Waals surface area contributed by atoms with Crippen LogP contribution in [0.1, 0.15) is 34.6 Å². The average Bonchev–Trinajstić information content (AvgIpc) is 2.13. The fourth-order valence-corrected chi connectivity index (χ4v) is 6.99. The Morgan fingerprint density at radius 2 is 1.62 bits per heavy atom. The molecule has 0 saturated carbocycles. The van der Waals surface area contributed by atoms with Crippen LogP contribution in [0.4, 0.5) is 0 Å². The molecule has 0 aliphatic heterocycles. The number of rotatable bonds is 7. The zero-order valence-corrected chi connectivity index (χ0v) is 13.0. The molecule has 0 rings (SSSR count). The zero-order valence-electron chi connectivity index (χ0n) is 10.5. The summed E-state index contributed by atoms with van der Waals surface area (Å²) >= 11 is 1.02. The second kappa shape index (κ2) is 7.17. The molecule has 0 aliphatic carbocycles. The molecule has 16 heavy (non-hydrogen) atoms. The van der Waals surface area contributed by atoms with E-state index in [4.69, 9.17) is 9.05 Å². The normalized spacial score (nSPS) is 15.1. The van der Waals surface area contributed by atoms with E-state index in [2.05, 4.69) is 0 Å². The van der Waals surface area contributed by atoms with Crippen LogP contribution in [0, 0.1) is 0 Å². The van der Waals surface area contributed by atoms with Crippen LogP contribution in [0.15, 0.2) is 0 Å². The summed E-state index contributed by atoms with van der Waals surface area (Å²) in [6, 6.07) is 0. The van der Waals surface area contributed by atoms with Crippen molar-refractivity contribution in [1.29, 1.82) is 0 Å². The second-order valence-corrected chi connectivity index (χ2v) is 10.6. The molecule has 0 spiro atoms. The molecule has 0 radical (unpaired) electrons. The predicted octanol–water partition coefficient (Wildman–Crippen LogP) is 3.41. The lowest BCUT2D eigenvalue weighted by molar-refractivity contribution is 0.237. The van der Waals surface area contributed by atoms with Crippen molar-refractivity contribution >= 4 is 29.0 Å². The molecule has 7 heteroatoms. The number of hydrogen-bond donors (Lipinski definition) is 0. The highest BCUT2D eigenvalue weighted by Crippen LogP contribution is 2.60.